The van der Waals surface area contributed by atoms with Crippen molar-refractivity contribution in [3.8, 4) is 5.75 Å². The van der Waals surface area contributed by atoms with Gasteiger partial charge in [0.15, 0.2) is 0 Å². The largest absolute Gasteiger partial charge is 0.489 e. The molecule has 0 aliphatic rings. The molecule has 0 atom stereocenters. The van der Waals surface area contributed by atoms with Gasteiger partial charge in [0.25, 0.3) is 0 Å². The molecule has 4 nitrogen and oxygen atoms in total. The predicted octanol–water partition coefficient (Wildman–Crippen LogP) is 4.32. The first-order chi connectivity index (χ1) is 10.9. The van der Waals surface area contributed by atoms with Crippen molar-refractivity contribution < 1.29 is 14.7 Å². The summed E-state index contributed by atoms with van der Waals surface area (Å²) in [5, 5.41) is 10.8. The van der Waals surface area contributed by atoms with Gasteiger partial charge in [-0.25, -0.2) is 0 Å². The Morgan fingerprint density at radius 2 is 1.74 bits per heavy atom. The molecule has 1 amide bonds. The van der Waals surface area contributed by atoms with Crippen LogP contribution in [0, 0.1) is 20.8 Å². The number of anilines is 1. The third kappa shape index (κ3) is 4.11. The predicted molar refractivity (Wildman–Crippen MR) is 91.0 cm³/mol. The van der Waals surface area contributed by atoms with Crippen molar-refractivity contribution in [2.45, 2.75) is 40.7 Å². The fraction of sp³-hybridized carbons (Fsp3) is 0.316. The summed E-state index contributed by atoms with van der Waals surface area (Å²) in [4.78, 5) is 11.8. The lowest BCUT2D eigenvalue weighted by Gasteiger charge is -2.19. The highest BCUT2D eigenvalue weighted by molar-refractivity contribution is 5.91. The number of nitrogens with zero attached hydrogens (tertiary/aromatic N) is 1. The summed E-state index contributed by atoms with van der Waals surface area (Å²) >= 11 is 0. The van der Waals surface area contributed by atoms with E-state index >= 15 is 0 Å². The molecule has 0 saturated heterocycles. The van der Waals surface area contributed by atoms with Gasteiger partial charge in [-0.3, -0.25) is 10.0 Å². The summed E-state index contributed by atoms with van der Waals surface area (Å²) in [6.45, 7) is 8.00. The highest BCUT2D eigenvalue weighted by Crippen LogP contribution is 2.25. The Balaban J connectivity index is 2.24. The van der Waals surface area contributed by atoms with E-state index in [2.05, 4.69) is 6.07 Å². The van der Waals surface area contributed by atoms with Crippen LogP contribution in [0.25, 0.3) is 0 Å². The molecule has 0 aliphatic carbocycles. The number of rotatable bonds is 5. The molecule has 23 heavy (non-hydrogen) atoms. The molecule has 0 unspecified atom stereocenters. The number of carbonyl (C=O) groups is 1. The molecule has 0 aromatic heterocycles. The summed E-state index contributed by atoms with van der Waals surface area (Å²) in [6.07, 6.45) is 0.238. The minimum atomic E-state index is -0.346. The van der Waals surface area contributed by atoms with E-state index in [1.54, 1.807) is 13.0 Å². The van der Waals surface area contributed by atoms with Crippen LogP contribution in [0.2, 0.25) is 0 Å². The molecule has 0 bridgehead atoms. The van der Waals surface area contributed by atoms with E-state index in [0.29, 0.717) is 10.8 Å². The minimum absolute atomic E-state index is 0.238. The molecule has 2 aromatic carbocycles. The first kappa shape index (κ1) is 17.0. The van der Waals surface area contributed by atoms with Crippen LogP contribution in [0.4, 0.5) is 5.69 Å². The van der Waals surface area contributed by atoms with Crippen LogP contribution in [-0.4, -0.2) is 11.1 Å². The van der Waals surface area contributed by atoms with Gasteiger partial charge in [-0.1, -0.05) is 42.3 Å². The molecular formula is C19H23NO3. The molecule has 0 fully saturated rings. The third-order valence-corrected chi connectivity index (χ3v) is 3.72. The summed E-state index contributed by atoms with van der Waals surface area (Å²) in [5.41, 5.74) is 4.53. The van der Waals surface area contributed by atoms with Crippen molar-refractivity contribution in [1.82, 2.24) is 0 Å². The Kier molecular flexibility index (Phi) is 5.40. The maximum absolute atomic E-state index is 11.8. The van der Waals surface area contributed by atoms with Crippen LogP contribution in [0.5, 0.6) is 5.75 Å². The van der Waals surface area contributed by atoms with E-state index in [9.17, 15) is 10.0 Å². The number of carbonyl (C=O) groups excluding carboxylic acids is 1. The van der Waals surface area contributed by atoms with Gasteiger partial charge in [0.05, 0.1) is 5.69 Å². The Labute approximate surface area is 137 Å². The summed E-state index contributed by atoms with van der Waals surface area (Å²) < 4.78 is 5.89. The second kappa shape index (κ2) is 7.29. The molecule has 122 valence electrons. The molecule has 2 rings (SSSR count). The smallest absolute Gasteiger partial charge is 0.250 e. The number of benzene rings is 2. The van der Waals surface area contributed by atoms with E-state index in [1.165, 1.54) is 5.56 Å². The second-order valence-electron chi connectivity index (χ2n) is 5.75. The first-order valence-electron chi connectivity index (χ1n) is 7.73. The third-order valence-electron chi connectivity index (χ3n) is 3.72. The van der Waals surface area contributed by atoms with Crippen LogP contribution in [-0.2, 0) is 11.4 Å². The Bertz CT molecular complexity index is 710. The van der Waals surface area contributed by atoms with Crippen molar-refractivity contribution in [2.75, 3.05) is 5.06 Å². The zero-order valence-corrected chi connectivity index (χ0v) is 14.1. The van der Waals surface area contributed by atoms with Gasteiger partial charge in [-0.15, -0.1) is 0 Å². The quantitative estimate of drug-likeness (QED) is 0.660. The van der Waals surface area contributed by atoms with Gasteiger partial charge in [0.2, 0.25) is 5.91 Å². The van der Waals surface area contributed by atoms with Crippen molar-refractivity contribution >= 4 is 11.6 Å². The Morgan fingerprint density at radius 1 is 1.09 bits per heavy atom. The number of amides is 1. The number of hydrogen-bond acceptors (Lipinski definition) is 3. The molecule has 0 saturated carbocycles. The van der Waals surface area contributed by atoms with Crippen molar-refractivity contribution in [2.24, 2.45) is 0 Å². The van der Waals surface area contributed by atoms with E-state index in [4.69, 9.17) is 4.74 Å². The second-order valence-corrected chi connectivity index (χ2v) is 5.75. The average molecular weight is 313 g/mol. The van der Waals surface area contributed by atoms with Crippen molar-refractivity contribution in [3.63, 3.8) is 0 Å². The van der Waals surface area contributed by atoms with Gasteiger partial charge < -0.3 is 4.74 Å². The standard InChI is InChI=1S/C19H23NO3/c1-5-19(21)20(22)17-8-6-14(3)11-16(17)12-23-18-9-7-13(2)10-15(18)4/h6-11,22H,5,12H2,1-4H3. The molecule has 1 N–H and O–H groups in total. The fourth-order valence-corrected chi connectivity index (χ4v) is 2.44. The van der Waals surface area contributed by atoms with E-state index < -0.39 is 0 Å². The highest BCUT2D eigenvalue weighted by Gasteiger charge is 2.16. The zero-order valence-electron chi connectivity index (χ0n) is 14.1. The van der Waals surface area contributed by atoms with Crippen molar-refractivity contribution in [3.05, 3.63) is 58.7 Å². The topological polar surface area (TPSA) is 49.8 Å². The normalized spacial score (nSPS) is 10.5. The fourth-order valence-electron chi connectivity index (χ4n) is 2.44. The summed E-state index contributed by atoms with van der Waals surface area (Å²) in [6, 6.07) is 11.5. The van der Waals surface area contributed by atoms with Crippen molar-refractivity contribution in [1.29, 1.82) is 0 Å². The molecular weight excluding hydrogens is 290 g/mol. The lowest BCUT2D eigenvalue weighted by Crippen LogP contribution is -2.27. The lowest BCUT2D eigenvalue weighted by molar-refractivity contribution is -0.123. The van der Waals surface area contributed by atoms with Crippen LogP contribution in [0.15, 0.2) is 36.4 Å². The van der Waals surface area contributed by atoms with E-state index in [-0.39, 0.29) is 18.9 Å². The lowest BCUT2D eigenvalue weighted by atomic mass is 10.1. The van der Waals surface area contributed by atoms with E-state index in [1.807, 2.05) is 45.0 Å². The van der Waals surface area contributed by atoms with Crippen LogP contribution < -0.4 is 9.80 Å². The zero-order chi connectivity index (χ0) is 17.0. The molecule has 0 heterocycles. The van der Waals surface area contributed by atoms with E-state index in [0.717, 1.165) is 22.4 Å². The van der Waals surface area contributed by atoms with Gasteiger partial charge >= 0.3 is 0 Å². The number of hydroxylamine groups is 1. The number of ether oxygens (including phenoxy) is 1. The molecule has 0 radical (unpaired) electrons. The van der Waals surface area contributed by atoms with Gasteiger partial charge in [-0.05, 0) is 38.5 Å². The van der Waals surface area contributed by atoms with Crippen LogP contribution in [0.3, 0.4) is 0 Å². The Hall–Kier alpha value is -2.33. The highest BCUT2D eigenvalue weighted by atomic mass is 16.5. The summed E-state index contributed by atoms with van der Waals surface area (Å²) in [7, 11) is 0. The monoisotopic (exact) mass is 313 g/mol. The summed E-state index contributed by atoms with van der Waals surface area (Å²) in [5.74, 6) is 0.455. The van der Waals surface area contributed by atoms with Gasteiger partial charge in [0, 0.05) is 12.0 Å². The number of hydrogen-bond donors (Lipinski definition) is 1. The maximum atomic E-state index is 11.8. The molecule has 0 aliphatic heterocycles. The SMILES string of the molecule is CCC(=O)N(O)c1ccc(C)cc1COc1ccc(C)cc1C. The maximum Gasteiger partial charge on any atom is 0.250 e. The first-order valence-corrected chi connectivity index (χ1v) is 7.73. The average Bonchev–Trinajstić information content (AvgIpc) is 2.52. The minimum Gasteiger partial charge on any atom is -0.489 e. The van der Waals surface area contributed by atoms with Crippen LogP contribution >= 0.6 is 0 Å². The molecule has 0 spiro atoms. The number of aryl methyl sites for hydroxylation is 3. The molecule has 2 aromatic rings. The Morgan fingerprint density at radius 3 is 2.39 bits per heavy atom. The molecule has 4 heteroatoms. The van der Waals surface area contributed by atoms with Gasteiger partial charge in [0.1, 0.15) is 12.4 Å². The van der Waals surface area contributed by atoms with Crippen LogP contribution in [0.1, 0.15) is 35.6 Å². The van der Waals surface area contributed by atoms with Gasteiger partial charge in [-0.2, -0.15) is 5.06 Å².